The van der Waals surface area contributed by atoms with E-state index in [4.69, 9.17) is 23.2 Å². The van der Waals surface area contributed by atoms with Crippen molar-refractivity contribution in [2.24, 2.45) is 0 Å². The van der Waals surface area contributed by atoms with Gasteiger partial charge in [0.15, 0.2) is 0 Å². The zero-order valence-corrected chi connectivity index (χ0v) is 22.6. The van der Waals surface area contributed by atoms with Crippen molar-refractivity contribution in [2.45, 2.75) is 43.3 Å². The van der Waals surface area contributed by atoms with Crippen molar-refractivity contribution >= 4 is 45.0 Å². The number of hydrogen-bond donors (Lipinski definition) is 0. The van der Waals surface area contributed by atoms with Crippen molar-refractivity contribution in [1.29, 1.82) is 0 Å². The van der Waals surface area contributed by atoms with E-state index < -0.39 is 22.1 Å². The average molecular weight is 552 g/mol. The van der Waals surface area contributed by atoms with Crippen LogP contribution in [0.3, 0.4) is 0 Å². The van der Waals surface area contributed by atoms with E-state index in [9.17, 15) is 18.0 Å². The van der Waals surface area contributed by atoms with Crippen LogP contribution >= 0.6 is 23.2 Å². The maximum Gasteiger partial charge on any atom is 0.267 e. The number of nitrogens with zero attached hydrogens (tertiary/aromatic N) is 5. The molecule has 3 heterocycles. The minimum atomic E-state index is -4.23. The van der Waals surface area contributed by atoms with Gasteiger partial charge in [-0.2, -0.15) is 0 Å². The maximum absolute atomic E-state index is 14.0. The van der Waals surface area contributed by atoms with E-state index in [1.165, 1.54) is 34.2 Å². The molecular formula is C24H27Cl2N5O4S. The molecule has 0 radical (unpaired) electrons. The third kappa shape index (κ3) is 4.70. The second-order valence-corrected chi connectivity index (χ2v) is 11.9. The third-order valence-electron chi connectivity index (χ3n) is 6.26. The normalized spacial score (nSPS) is 20.8. The Kier molecular flexibility index (Phi) is 7.34. The predicted octanol–water partition coefficient (Wildman–Crippen LogP) is 2.81. The number of carbonyl (C=O) groups is 2. The number of likely N-dealkylation sites (N-methyl/N-ethyl adjacent to an activating group) is 1. The second-order valence-electron chi connectivity index (χ2n) is 9.21. The molecule has 36 heavy (non-hydrogen) atoms. The van der Waals surface area contributed by atoms with Gasteiger partial charge in [-0.25, -0.2) is 12.7 Å². The summed E-state index contributed by atoms with van der Waals surface area (Å²) in [4.78, 5) is 35.8. The molecule has 1 saturated heterocycles. The summed E-state index contributed by atoms with van der Waals surface area (Å²) in [6.07, 6.45) is 4.87. The lowest BCUT2D eigenvalue weighted by atomic mass is 9.99. The number of carbonyl (C=O) groups excluding carboxylic acids is 2. The highest BCUT2D eigenvalue weighted by Crippen LogP contribution is 2.37. The highest BCUT2D eigenvalue weighted by molar-refractivity contribution is 7.89. The molecule has 2 aliphatic heterocycles. The number of sulfonamides is 1. The molecule has 2 aromatic rings. The molecule has 12 heteroatoms. The molecule has 2 aliphatic rings. The Labute approximate surface area is 220 Å². The van der Waals surface area contributed by atoms with Gasteiger partial charge < -0.3 is 4.90 Å². The number of aromatic nitrogens is 1. The van der Waals surface area contributed by atoms with E-state index in [-0.39, 0.29) is 46.6 Å². The molecule has 0 aliphatic carbocycles. The molecule has 0 bridgehead atoms. The van der Waals surface area contributed by atoms with Crippen LogP contribution in [0.25, 0.3) is 0 Å². The van der Waals surface area contributed by atoms with E-state index in [0.29, 0.717) is 5.02 Å². The van der Waals surface area contributed by atoms with Crippen molar-refractivity contribution in [2.75, 3.05) is 20.6 Å². The Balaban J connectivity index is 1.90. The second kappa shape index (κ2) is 10.0. The summed E-state index contributed by atoms with van der Waals surface area (Å²) in [5.41, 5.74) is 0.746. The summed E-state index contributed by atoms with van der Waals surface area (Å²) >= 11 is 12.3. The first-order valence-electron chi connectivity index (χ1n) is 11.3. The largest absolute Gasteiger partial charge is 0.311 e. The number of benzene rings is 1. The Morgan fingerprint density at radius 3 is 2.44 bits per heavy atom. The van der Waals surface area contributed by atoms with Gasteiger partial charge in [-0.05, 0) is 57.8 Å². The van der Waals surface area contributed by atoms with Crippen LogP contribution in [-0.2, 0) is 26.0 Å². The summed E-state index contributed by atoms with van der Waals surface area (Å²) in [6, 6.07) is 5.67. The maximum atomic E-state index is 14.0. The number of amides is 2. The monoisotopic (exact) mass is 551 g/mol. The van der Waals surface area contributed by atoms with Gasteiger partial charge in [0, 0.05) is 36.1 Å². The SMILES string of the molecule is CC(C)N1C=C2N(C(=O)C(N(C)C)CN2S(=O)(=O)c2ccc(Cl)cc2Cl)C(Cc2cccnc2)C1=O. The fraction of sp³-hybridized carbons (Fsp3) is 0.375. The Hall–Kier alpha value is -2.66. The Morgan fingerprint density at radius 1 is 1.14 bits per heavy atom. The number of fused-ring (bicyclic) bond motifs is 1. The van der Waals surface area contributed by atoms with Crippen LogP contribution < -0.4 is 0 Å². The summed E-state index contributed by atoms with van der Waals surface area (Å²) in [7, 11) is -0.841. The molecule has 192 valence electrons. The van der Waals surface area contributed by atoms with E-state index in [1.807, 2.05) is 19.9 Å². The van der Waals surface area contributed by atoms with Gasteiger partial charge in [0.2, 0.25) is 11.8 Å². The lowest BCUT2D eigenvalue weighted by Gasteiger charge is -2.49. The first kappa shape index (κ1) is 26.4. The predicted molar refractivity (Wildman–Crippen MR) is 136 cm³/mol. The van der Waals surface area contributed by atoms with Crippen molar-refractivity contribution in [3.8, 4) is 0 Å². The van der Waals surface area contributed by atoms with E-state index in [0.717, 1.165) is 9.87 Å². The molecule has 4 rings (SSSR count). The van der Waals surface area contributed by atoms with Gasteiger partial charge >= 0.3 is 0 Å². The molecule has 0 N–H and O–H groups in total. The first-order chi connectivity index (χ1) is 16.9. The number of rotatable bonds is 6. The lowest BCUT2D eigenvalue weighted by Crippen LogP contribution is -2.67. The fourth-order valence-corrected chi connectivity index (χ4v) is 6.57. The van der Waals surface area contributed by atoms with Crippen molar-refractivity contribution in [3.05, 3.63) is 70.4 Å². The standard InChI is InChI=1S/C24H27Cl2N5O4S/c1-15(2)29-14-22-30(36(34,35)21-8-7-17(25)11-18(21)26)13-20(28(3)4)24(33)31(22)19(23(29)32)10-16-6-5-9-27-12-16/h5-9,11-12,14-15,19-20H,10,13H2,1-4H3. The zero-order chi connectivity index (χ0) is 26.4. The molecule has 0 spiro atoms. The molecule has 2 atom stereocenters. The topological polar surface area (TPSA) is 94.1 Å². The van der Waals surface area contributed by atoms with Crippen LogP contribution in [0.4, 0.5) is 0 Å². The van der Waals surface area contributed by atoms with Gasteiger partial charge in [0.1, 0.15) is 22.8 Å². The molecule has 1 aromatic heterocycles. The minimum absolute atomic E-state index is 0.0348. The van der Waals surface area contributed by atoms with E-state index in [1.54, 1.807) is 37.5 Å². The van der Waals surface area contributed by atoms with E-state index >= 15 is 0 Å². The summed E-state index contributed by atoms with van der Waals surface area (Å²) in [5.74, 6) is -0.552. The van der Waals surface area contributed by atoms with Crippen LogP contribution in [0, 0.1) is 0 Å². The van der Waals surface area contributed by atoms with Crippen LogP contribution in [0.2, 0.25) is 10.0 Å². The van der Waals surface area contributed by atoms with Gasteiger partial charge in [0.25, 0.3) is 10.0 Å². The van der Waals surface area contributed by atoms with E-state index in [2.05, 4.69) is 4.98 Å². The average Bonchev–Trinajstić information content (AvgIpc) is 2.80. The zero-order valence-electron chi connectivity index (χ0n) is 20.3. The molecule has 0 saturated carbocycles. The third-order valence-corrected chi connectivity index (χ3v) is 8.75. The molecule has 2 amide bonds. The minimum Gasteiger partial charge on any atom is -0.311 e. The highest BCUT2D eigenvalue weighted by atomic mass is 35.5. The summed E-state index contributed by atoms with van der Waals surface area (Å²) in [5, 5.41) is 0.262. The molecule has 1 aromatic carbocycles. The van der Waals surface area contributed by atoms with Crippen LogP contribution in [0.5, 0.6) is 0 Å². The van der Waals surface area contributed by atoms with Crippen LogP contribution in [-0.4, -0.2) is 83.0 Å². The Morgan fingerprint density at radius 2 is 1.86 bits per heavy atom. The quantitative estimate of drug-likeness (QED) is 0.547. The van der Waals surface area contributed by atoms with Crippen molar-refractivity contribution in [1.82, 2.24) is 24.0 Å². The molecule has 9 nitrogen and oxygen atoms in total. The van der Waals surface area contributed by atoms with Crippen LogP contribution in [0.15, 0.2) is 59.6 Å². The first-order valence-corrected chi connectivity index (χ1v) is 13.5. The van der Waals surface area contributed by atoms with Crippen LogP contribution in [0.1, 0.15) is 19.4 Å². The molecule has 1 fully saturated rings. The smallest absolute Gasteiger partial charge is 0.267 e. The summed E-state index contributed by atoms with van der Waals surface area (Å²) < 4.78 is 29.1. The molecular weight excluding hydrogens is 525 g/mol. The number of halogens is 2. The molecule has 2 unspecified atom stereocenters. The van der Waals surface area contributed by atoms with Crippen molar-refractivity contribution in [3.63, 3.8) is 0 Å². The Bertz CT molecular complexity index is 1320. The summed E-state index contributed by atoms with van der Waals surface area (Å²) in [6.45, 7) is 3.51. The highest BCUT2D eigenvalue weighted by Gasteiger charge is 2.50. The number of hydrogen-bond acceptors (Lipinski definition) is 6. The van der Waals surface area contributed by atoms with Gasteiger partial charge in [-0.1, -0.05) is 29.3 Å². The fourth-order valence-electron chi connectivity index (χ4n) is 4.37. The number of pyridine rings is 1. The van der Waals surface area contributed by atoms with Gasteiger partial charge in [-0.3, -0.25) is 24.4 Å². The lowest BCUT2D eigenvalue weighted by molar-refractivity contribution is -0.152. The van der Waals surface area contributed by atoms with Gasteiger partial charge in [-0.15, -0.1) is 0 Å². The van der Waals surface area contributed by atoms with Gasteiger partial charge in [0.05, 0.1) is 11.6 Å². The van der Waals surface area contributed by atoms with Crippen molar-refractivity contribution < 1.29 is 18.0 Å².